The summed E-state index contributed by atoms with van der Waals surface area (Å²) in [6.45, 7) is 2.90. The van der Waals surface area contributed by atoms with Gasteiger partial charge in [-0.05, 0) is 19.4 Å². The molecule has 0 aromatic carbocycles. The summed E-state index contributed by atoms with van der Waals surface area (Å²) in [5.74, 6) is 0.189. The van der Waals surface area contributed by atoms with E-state index in [1.807, 2.05) is 24.8 Å². The zero-order chi connectivity index (χ0) is 11.7. The average molecular weight is 222 g/mol. The molecule has 0 saturated carbocycles. The zero-order valence-corrected chi connectivity index (χ0v) is 9.97. The van der Waals surface area contributed by atoms with Gasteiger partial charge in [-0.1, -0.05) is 0 Å². The topological polar surface area (TPSA) is 50.2 Å². The summed E-state index contributed by atoms with van der Waals surface area (Å²) in [5.41, 5.74) is 1.10. The minimum absolute atomic E-state index is 0.0464. The second kappa shape index (κ2) is 4.25. The highest BCUT2D eigenvalue weighted by Crippen LogP contribution is 2.16. The number of aromatic nitrogens is 2. The summed E-state index contributed by atoms with van der Waals surface area (Å²) >= 11 is 0. The molecule has 2 rings (SSSR count). The number of hydrogen-bond acceptors (Lipinski definition) is 3. The number of aryl methyl sites for hydroxylation is 1. The van der Waals surface area contributed by atoms with Crippen LogP contribution in [0.15, 0.2) is 12.3 Å². The molecular weight excluding hydrogens is 204 g/mol. The minimum Gasteiger partial charge on any atom is -0.344 e. The van der Waals surface area contributed by atoms with Crippen LogP contribution in [0.1, 0.15) is 25.1 Å². The van der Waals surface area contributed by atoms with Crippen LogP contribution in [-0.2, 0) is 11.8 Å². The molecule has 1 saturated heterocycles. The van der Waals surface area contributed by atoms with Crippen LogP contribution in [0.4, 0.5) is 0 Å². The normalized spacial score (nSPS) is 22.8. The third-order valence-electron chi connectivity index (χ3n) is 3.18. The SMILES string of the molecule is CC(NC1CCN(C)C1=O)c1ccnn1C. The highest BCUT2D eigenvalue weighted by atomic mass is 16.2. The van der Waals surface area contributed by atoms with Crippen molar-refractivity contribution in [3.8, 4) is 0 Å². The fourth-order valence-corrected chi connectivity index (χ4v) is 2.17. The lowest BCUT2D eigenvalue weighted by Crippen LogP contribution is -2.38. The molecule has 16 heavy (non-hydrogen) atoms. The first-order valence-corrected chi connectivity index (χ1v) is 5.58. The van der Waals surface area contributed by atoms with E-state index in [1.165, 1.54) is 0 Å². The monoisotopic (exact) mass is 222 g/mol. The Morgan fingerprint density at radius 2 is 2.31 bits per heavy atom. The van der Waals surface area contributed by atoms with E-state index in [2.05, 4.69) is 17.3 Å². The van der Waals surface area contributed by atoms with Crippen molar-refractivity contribution < 1.29 is 4.79 Å². The van der Waals surface area contributed by atoms with Gasteiger partial charge < -0.3 is 4.90 Å². The summed E-state index contributed by atoms with van der Waals surface area (Å²) in [4.78, 5) is 13.5. The van der Waals surface area contributed by atoms with Crippen molar-refractivity contribution in [2.45, 2.75) is 25.4 Å². The second-order valence-electron chi connectivity index (χ2n) is 4.37. The number of likely N-dealkylation sites (tertiary alicyclic amines) is 1. The van der Waals surface area contributed by atoms with Crippen molar-refractivity contribution in [3.05, 3.63) is 18.0 Å². The van der Waals surface area contributed by atoms with Crippen LogP contribution < -0.4 is 5.32 Å². The Hall–Kier alpha value is -1.36. The number of hydrogen-bond donors (Lipinski definition) is 1. The maximum absolute atomic E-state index is 11.7. The molecule has 5 heteroatoms. The molecule has 1 amide bonds. The Kier molecular flexibility index (Phi) is 2.96. The first-order valence-electron chi connectivity index (χ1n) is 5.58. The van der Waals surface area contributed by atoms with Crippen LogP contribution in [0, 0.1) is 0 Å². The summed E-state index contributed by atoms with van der Waals surface area (Å²) in [6.07, 6.45) is 2.66. The first-order chi connectivity index (χ1) is 7.59. The lowest BCUT2D eigenvalue weighted by molar-refractivity contribution is -0.128. The van der Waals surface area contributed by atoms with E-state index < -0.39 is 0 Å². The minimum atomic E-state index is -0.0464. The van der Waals surface area contributed by atoms with Crippen LogP contribution in [0.25, 0.3) is 0 Å². The van der Waals surface area contributed by atoms with Gasteiger partial charge in [0.25, 0.3) is 0 Å². The zero-order valence-electron chi connectivity index (χ0n) is 9.97. The van der Waals surface area contributed by atoms with Crippen LogP contribution in [0.2, 0.25) is 0 Å². The third-order valence-corrected chi connectivity index (χ3v) is 3.18. The molecule has 1 aliphatic heterocycles. The summed E-state index contributed by atoms with van der Waals surface area (Å²) in [5, 5.41) is 7.48. The lowest BCUT2D eigenvalue weighted by atomic mass is 10.1. The molecule has 1 fully saturated rings. The molecule has 1 aromatic heterocycles. The molecular formula is C11H18N4O. The quantitative estimate of drug-likeness (QED) is 0.800. The van der Waals surface area contributed by atoms with Gasteiger partial charge in [-0.2, -0.15) is 5.10 Å². The van der Waals surface area contributed by atoms with Gasteiger partial charge in [-0.3, -0.25) is 14.8 Å². The summed E-state index contributed by atoms with van der Waals surface area (Å²) in [7, 11) is 3.76. The van der Waals surface area contributed by atoms with Crippen molar-refractivity contribution in [2.24, 2.45) is 7.05 Å². The van der Waals surface area contributed by atoms with Gasteiger partial charge >= 0.3 is 0 Å². The van der Waals surface area contributed by atoms with Gasteiger partial charge in [-0.25, -0.2) is 0 Å². The van der Waals surface area contributed by atoms with Gasteiger partial charge in [0.15, 0.2) is 0 Å². The second-order valence-corrected chi connectivity index (χ2v) is 4.37. The molecule has 0 radical (unpaired) electrons. The van der Waals surface area contributed by atoms with E-state index in [0.717, 1.165) is 18.7 Å². The van der Waals surface area contributed by atoms with Crippen molar-refractivity contribution in [1.29, 1.82) is 0 Å². The van der Waals surface area contributed by atoms with Crippen molar-refractivity contribution in [3.63, 3.8) is 0 Å². The standard InChI is InChI=1S/C11H18N4O/c1-8(10-4-6-12-15(10)3)13-9-5-7-14(2)11(9)16/h4,6,8-9,13H,5,7H2,1-3H3. The van der Waals surface area contributed by atoms with Gasteiger partial charge in [0.05, 0.1) is 11.7 Å². The largest absolute Gasteiger partial charge is 0.344 e. The summed E-state index contributed by atoms with van der Waals surface area (Å²) in [6, 6.07) is 2.07. The molecule has 0 bridgehead atoms. The van der Waals surface area contributed by atoms with Crippen molar-refractivity contribution in [1.82, 2.24) is 20.0 Å². The van der Waals surface area contributed by atoms with E-state index >= 15 is 0 Å². The predicted octanol–water partition coefficient (Wildman–Crippen LogP) is 0.301. The molecule has 2 unspecified atom stereocenters. The Labute approximate surface area is 95.4 Å². The van der Waals surface area contributed by atoms with Gasteiger partial charge in [0, 0.05) is 32.9 Å². The van der Waals surface area contributed by atoms with E-state index in [9.17, 15) is 4.79 Å². The highest BCUT2D eigenvalue weighted by molar-refractivity contribution is 5.83. The Balaban J connectivity index is 2.01. The molecule has 1 aromatic rings. The maximum Gasteiger partial charge on any atom is 0.239 e. The fourth-order valence-electron chi connectivity index (χ4n) is 2.17. The predicted molar refractivity (Wildman–Crippen MR) is 60.8 cm³/mol. The van der Waals surface area contributed by atoms with Crippen LogP contribution in [-0.4, -0.2) is 40.2 Å². The number of nitrogens with zero attached hydrogens (tertiary/aromatic N) is 3. The van der Waals surface area contributed by atoms with Crippen LogP contribution >= 0.6 is 0 Å². The highest BCUT2D eigenvalue weighted by Gasteiger charge is 2.30. The van der Waals surface area contributed by atoms with E-state index in [1.54, 1.807) is 11.1 Å². The molecule has 1 N–H and O–H groups in total. The fraction of sp³-hybridized carbons (Fsp3) is 0.636. The van der Waals surface area contributed by atoms with Gasteiger partial charge in [0.1, 0.15) is 0 Å². The van der Waals surface area contributed by atoms with Gasteiger partial charge in [-0.15, -0.1) is 0 Å². The molecule has 2 heterocycles. The smallest absolute Gasteiger partial charge is 0.239 e. The van der Waals surface area contributed by atoms with E-state index in [0.29, 0.717) is 0 Å². The molecule has 2 atom stereocenters. The average Bonchev–Trinajstić information content (AvgIpc) is 2.79. The van der Waals surface area contributed by atoms with Crippen molar-refractivity contribution >= 4 is 5.91 Å². The molecule has 88 valence electrons. The van der Waals surface area contributed by atoms with Gasteiger partial charge in [0.2, 0.25) is 5.91 Å². The maximum atomic E-state index is 11.7. The number of likely N-dealkylation sites (N-methyl/N-ethyl adjacent to an activating group) is 1. The number of rotatable bonds is 3. The Morgan fingerprint density at radius 1 is 1.56 bits per heavy atom. The van der Waals surface area contributed by atoms with Crippen LogP contribution in [0.3, 0.4) is 0 Å². The Morgan fingerprint density at radius 3 is 2.81 bits per heavy atom. The van der Waals surface area contributed by atoms with Crippen molar-refractivity contribution in [2.75, 3.05) is 13.6 Å². The van der Waals surface area contributed by atoms with E-state index in [-0.39, 0.29) is 18.0 Å². The number of nitrogens with one attached hydrogen (secondary N) is 1. The molecule has 5 nitrogen and oxygen atoms in total. The van der Waals surface area contributed by atoms with E-state index in [4.69, 9.17) is 0 Å². The molecule has 0 aliphatic carbocycles. The summed E-state index contributed by atoms with van der Waals surface area (Å²) < 4.78 is 1.83. The third kappa shape index (κ3) is 1.95. The van der Waals surface area contributed by atoms with Crippen LogP contribution in [0.5, 0.6) is 0 Å². The first kappa shape index (κ1) is 11.1. The molecule has 0 spiro atoms. The Bertz CT molecular complexity index is 387. The molecule has 1 aliphatic rings. The number of amides is 1. The number of carbonyl (C=O) groups is 1. The lowest BCUT2D eigenvalue weighted by Gasteiger charge is -2.18. The number of carbonyl (C=O) groups excluding carboxylic acids is 1.